The third-order valence-electron chi connectivity index (χ3n) is 4.06. The number of Topliss-reactive ketones (excluding diaryl/α,β-unsaturated/α-hetero) is 1. The first kappa shape index (κ1) is 15.3. The normalized spacial score (nSPS) is 14.8. The Labute approximate surface area is 134 Å². The lowest BCUT2D eigenvalue weighted by molar-refractivity contribution is 0.102. The molecule has 22 heavy (non-hydrogen) atoms. The number of thioether (sulfide) groups is 1. The van der Waals surface area contributed by atoms with Crippen LogP contribution in [0.3, 0.4) is 0 Å². The van der Waals surface area contributed by atoms with Crippen molar-refractivity contribution in [1.29, 1.82) is 0 Å². The summed E-state index contributed by atoms with van der Waals surface area (Å²) in [5.74, 6) is 1.71. The van der Waals surface area contributed by atoms with E-state index in [-0.39, 0.29) is 5.78 Å². The predicted octanol–water partition coefficient (Wildman–Crippen LogP) is 3.66. The quantitative estimate of drug-likeness (QED) is 0.652. The minimum absolute atomic E-state index is 0.154. The van der Waals surface area contributed by atoms with E-state index in [1.807, 2.05) is 13.0 Å². The molecule has 6 heteroatoms. The molecular weight excluding hydrogens is 296 g/mol. The van der Waals surface area contributed by atoms with Gasteiger partial charge < -0.3 is 4.57 Å². The molecule has 1 saturated carbocycles. The van der Waals surface area contributed by atoms with Crippen molar-refractivity contribution in [1.82, 2.24) is 19.7 Å². The summed E-state index contributed by atoms with van der Waals surface area (Å²) >= 11 is 1.40. The number of carbonyl (C=O) groups is 1. The Morgan fingerprint density at radius 1 is 1.45 bits per heavy atom. The lowest BCUT2D eigenvalue weighted by atomic mass is 10.2. The first-order valence-corrected chi connectivity index (χ1v) is 8.72. The van der Waals surface area contributed by atoms with Gasteiger partial charge in [0.25, 0.3) is 0 Å². The van der Waals surface area contributed by atoms with E-state index < -0.39 is 0 Å². The van der Waals surface area contributed by atoms with E-state index in [0.29, 0.717) is 22.9 Å². The van der Waals surface area contributed by atoms with Crippen LogP contribution in [0.4, 0.5) is 0 Å². The van der Waals surface area contributed by atoms with Gasteiger partial charge in [0, 0.05) is 28.9 Å². The number of H-pyrrole nitrogens is 1. The van der Waals surface area contributed by atoms with Crippen molar-refractivity contribution >= 4 is 17.5 Å². The second-order valence-electron chi connectivity index (χ2n) is 6.26. The monoisotopic (exact) mass is 318 g/mol. The van der Waals surface area contributed by atoms with Crippen LogP contribution in [0.1, 0.15) is 66.2 Å². The molecule has 0 unspecified atom stereocenters. The second-order valence-corrected chi connectivity index (χ2v) is 7.20. The smallest absolute Gasteiger partial charge is 0.208 e. The molecule has 118 valence electrons. The Morgan fingerprint density at radius 2 is 2.18 bits per heavy atom. The number of ketones is 1. The Hall–Kier alpha value is -1.56. The summed E-state index contributed by atoms with van der Waals surface area (Å²) < 4.78 is 2.31. The Balaban J connectivity index is 1.68. The van der Waals surface area contributed by atoms with E-state index in [9.17, 15) is 4.79 Å². The van der Waals surface area contributed by atoms with Crippen molar-refractivity contribution in [2.45, 2.75) is 57.7 Å². The number of carbonyl (C=O) groups excluding carboxylic acids is 1. The zero-order chi connectivity index (χ0) is 15.9. The van der Waals surface area contributed by atoms with Crippen molar-refractivity contribution in [2.75, 3.05) is 5.75 Å². The molecule has 0 aliphatic heterocycles. The van der Waals surface area contributed by atoms with E-state index >= 15 is 0 Å². The van der Waals surface area contributed by atoms with Crippen molar-refractivity contribution in [2.24, 2.45) is 0 Å². The first-order chi connectivity index (χ1) is 10.5. The van der Waals surface area contributed by atoms with Crippen LogP contribution in [0.25, 0.3) is 0 Å². The van der Waals surface area contributed by atoms with E-state index in [2.05, 4.69) is 40.5 Å². The number of aryl methyl sites for hydroxylation is 1. The molecule has 1 aliphatic carbocycles. The third-order valence-corrected chi connectivity index (χ3v) is 4.91. The van der Waals surface area contributed by atoms with Crippen LogP contribution < -0.4 is 0 Å². The highest BCUT2D eigenvalue weighted by Gasteiger charge is 2.28. The first-order valence-electron chi connectivity index (χ1n) is 7.74. The highest BCUT2D eigenvalue weighted by molar-refractivity contribution is 7.99. The number of hydrogen-bond acceptors (Lipinski definition) is 4. The summed E-state index contributed by atoms with van der Waals surface area (Å²) in [4.78, 5) is 16.9. The van der Waals surface area contributed by atoms with Crippen molar-refractivity contribution < 1.29 is 4.79 Å². The fourth-order valence-corrected chi connectivity index (χ4v) is 3.43. The summed E-state index contributed by atoms with van der Waals surface area (Å²) in [5, 5.41) is 7.72. The highest BCUT2D eigenvalue weighted by Crippen LogP contribution is 2.38. The van der Waals surface area contributed by atoms with Gasteiger partial charge in [0.15, 0.2) is 5.78 Å². The number of aromatic amines is 1. The number of nitrogens with zero attached hydrogens (tertiary/aromatic N) is 3. The van der Waals surface area contributed by atoms with Crippen LogP contribution in [-0.4, -0.2) is 31.3 Å². The molecule has 2 heterocycles. The molecule has 1 aliphatic rings. The molecule has 2 aromatic rings. The van der Waals surface area contributed by atoms with Gasteiger partial charge in [0.2, 0.25) is 5.16 Å². The van der Waals surface area contributed by atoms with E-state index in [1.165, 1.54) is 30.3 Å². The molecule has 5 nitrogen and oxygen atoms in total. The molecular formula is C16H22N4OS. The average molecular weight is 318 g/mol. The molecule has 0 spiro atoms. The van der Waals surface area contributed by atoms with Crippen molar-refractivity contribution in [3.63, 3.8) is 0 Å². The molecule has 0 atom stereocenters. The van der Waals surface area contributed by atoms with Crippen LogP contribution in [0.2, 0.25) is 0 Å². The molecule has 1 fully saturated rings. The molecule has 0 amide bonds. The molecule has 0 aromatic carbocycles. The van der Waals surface area contributed by atoms with Crippen LogP contribution in [0, 0.1) is 13.8 Å². The van der Waals surface area contributed by atoms with Gasteiger partial charge in [-0.1, -0.05) is 25.6 Å². The van der Waals surface area contributed by atoms with Gasteiger partial charge in [-0.15, -0.1) is 5.10 Å². The van der Waals surface area contributed by atoms with Gasteiger partial charge in [-0.05, 0) is 32.8 Å². The predicted molar refractivity (Wildman–Crippen MR) is 87.7 cm³/mol. The number of rotatable bonds is 6. The molecule has 2 aromatic heterocycles. The lowest BCUT2D eigenvalue weighted by Gasteiger charge is -2.07. The lowest BCUT2D eigenvalue weighted by Crippen LogP contribution is -2.06. The van der Waals surface area contributed by atoms with E-state index in [4.69, 9.17) is 0 Å². The maximum absolute atomic E-state index is 12.5. The summed E-state index contributed by atoms with van der Waals surface area (Å²) in [6, 6.07) is 2.63. The number of nitrogens with one attached hydrogen (secondary N) is 1. The van der Waals surface area contributed by atoms with Crippen LogP contribution >= 0.6 is 11.8 Å². The van der Waals surface area contributed by atoms with Crippen molar-refractivity contribution in [3.8, 4) is 0 Å². The van der Waals surface area contributed by atoms with Gasteiger partial charge >= 0.3 is 0 Å². The average Bonchev–Trinajstić information content (AvgIpc) is 3.09. The summed E-state index contributed by atoms with van der Waals surface area (Å²) in [7, 11) is 0. The molecule has 0 bridgehead atoms. The van der Waals surface area contributed by atoms with Crippen LogP contribution in [0.5, 0.6) is 0 Å². The highest BCUT2D eigenvalue weighted by atomic mass is 32.2. The minimum Gasteiger partial charge on any atom is -0.345 e. The summed E-state index contributed by atoms with van der Waals surface area (Å²) in [5.41, 5.74) is 3.13. The Kier molecular flexibility index (Phi) is 4.12. The summed E-state index contributed by atoms with van der Waals surface area (Å²) in [6.07, 6.45) is 2.46. The Bertz CT molecular complexity index is 697. The van der Waals surface area contributed by atoms with E-state index in [1.54, 1.807) is 0 Å². The fraction of sp³-hybridized carbons (Fsp3) is 0.562. The zero-order valence-electron chi connectivity index (χ0n) is 13.5. The molecule has 0 radical (unpaired) electrons. The zero-order valence-corrected chi connectivity index (χ0v) is 14.3. The van der Waals surface area contributed by atoms with Gasteiger partial charge in [-0.2, -0.15) is 0 Å². The van der Waals surface area contributed by atoms with Gasteiger partial charge in [0.1, 0.15) is 5.82 Å². The summed E-state index contributed by atoms with van der Waals surface area (Å²) in [6.45, 7) is 8.26. The second kappa shape index (κ2) is 5.91. The standard InChI is InChI=1S/C16H22N4OS/c1-9(2)15-17-16(19-18-15)22-8-14(21)13-7-10(3)20(11(13)4)12-5-6-12/h7,9,12H,5-6,8H2,1-4H3,(H,17,18,19). The maximum Gasteiger partial charge on any atom is 0.208 e. The molecule has 3 rings (SSSR count). The number of aromatic nitrogens is 4. The largest absolute Gasteiger partial charge is 0.345 e. The minimum atomic E-state index is 0.154. The fourth-order valence-electron chi connectivity index (χ4n) is 2.74. The maximum atomic E-state index is 12.5. The van der Waals surface area contributed by atoms with Crippen molar-refractivity contribution in [3.05, 3.63) is 28.8 Å². The van der Waals surface area contributed by atoms with Crippen LogP contribution in [0.15, 0.2) is 11.2 Å². The third kappa shape index (κ3) is 2.97. The van der Waals surface area contributed by atoms with E-state index in [0.717, 1.165) is 17.1 Å². The molecule has 1 N–H and O–H groups in total. The van der Waals surface area contributed by atoms with Gasteiger partial charge in [-0.3, -0.25) is 9.89 Å². The van der Waals surface area contributed by atoms with Crippen LogP contribution in [-0.2, 0) is 0 Å². The topological polar surface area (TPSA) is 63.6 Å². The molecule has 0 saturated heterocycles. The van der Waals surface area contributed by atoms with Gasteiger partial charge in [-0.25, -0.2) is 4.98 Å². The van der Waals surface area contributed by atoms with Gasteiger partial charge in [0.05, 0.1) is 5.75 Å². The Morgan fingerprint density at radius 3 is 2.77 bits per heavy atom. The SMILES string of the molecule is Cc1cc(C(=O)CSc2n[nH]c(C(C)C)n2)c(C)n1C1CC1. The number of hydrogen-bond donors (Lipinski definition) is 1.